The van der Waals surface area contributed by atoms with Crippen LogP contribution >= 0.6 is 23.2 Å². The number of carbonyl (C=O) groups is 2. The summed E-state index contributed by atoms with van der Waals surface area (Å²) in [4.78, 5) is 23.5. The predicted molar refractivity (Wildman–Crippen MR) is 116 cm³/mol. The molecule has 0 spiro atoms. The van der Waals surface area contributed by atoms with Gasteiger partial charge in [0, 0.05) is 29.6 Å². The van der Waals surface area contributed by atoms with Crippen molar-refractivity contribution in [2.24, 2.45) is 0 Å². The monoisotopic (exact) mass is 453 g/mol. The Bertz CT molecular complexity index is 837. The van der Waals surface area contributed by atoms with Crippen molar-refractivity contribution >= 4 is 35.1 Å². The molecule has 0 heterocycles. The van der Waals surface area contributed by atoms with E-state index < -0.39 is 18.2 Å². The van der Waals surface area contributed by atoms with Gasteiger partial charge in [-0.3, -0.25) is 4.79 Å². The minimum absolute atomic E-state index is 0.254. The van der Waals surface area contributed by atoms with Gasteiger partial charge in [0.1, 0.15) is 5.75 Å². The lowest BCUT2D eigenvalue weighted by Crippen LogP contribution is -2.37. The van der Waals surface area contributed by atoms with Crippen LogP contribution in [0.1, 0.15) is 25.0 Å². The Morgan fingerprint density at radius 2 is 1.73 bits per heavy atom. The number of hydrogen-bond donors (Lipinski definition) is 2. The Balaban J connectivity index is 1.84. The molecular formula is C22H25Cl2NO5. The van der Waals surface area contributed by atoms with Crippen molar-refractivity contribution in [2.45, 2.75) is 38.9 Å². The van der Waals surface area contributed by atoms with Crippen molar-refractivity contribution in [2.75, 3.05) is 13.2 Å². The molecule has 0 radical (unpaired) electrons. The number of carboxylic acids is 1. The van der Waals surface area contributed by atoms with E-state index in [2.05, 4.69) is 5.32 Å². The summed E-state index contributed by atoms with van der Waals surface area (Å²) in [6.45, 7) is 4.11. The lowest BCUT2D eigenvalue weighted by molar-refractivity contribution is -0.150. The van der Waals surface area contributed by atoms with Gasteiger partial charge in [0.2, 0.25) is 0 Å². The molecule has 162 valence electrons. The van der Waals surface area contributed by atoms with E-state index in [4.69, 9.17) is 37.8 Å². The first kappa shape index (κ1) is 24.0. The van der Waals surface area contributed by atoms with E-state index in [-0.39, 0.29) is 12.3 Å². The standard InChI is InChI=1S/C22H25Cl2NO5/c1-3-29-20(22(27)28)13-15-7-9-16(10-8-15)30-14(2)21(26)25-12-11-17-18(23)5-4-6-19(17)24/h4-10,14,20H,3,11-13H2,1-2H3,(H,25,26)(H,27,28)/t14-,20-/m0/s1. The molecule has 0 fully saturated rings. The fourth-order valence-electron chi connectivity index (χ4n) is 2.82. The minimum atomic E-state index is -0.999. The number of amides is 1. The smallest absolute Gasteiger partial charge is 0.333 e. The number of carboxylic acid groups (broad SMARTS) is 1. The van der Waals surface area contributed by atoms with Crippen LogP contribution in [0.3, 0.4) is 0 Å². The Morgan fingerprint density at radius 3 is 2.30 bits per heavy atom. The maximum Gasteiger partial charge on any atom is 0.333 e. The van der Waals surface area contributed by atoms with Gasteiger partial charge in [-0.15, -0.1) is 0 Å². The second-order valence-corrected chi connectivity index (χ2v) is 7.45. The third-order valence-electron chi connectivity index (χ3n) is 4.41. The van der Waals surface area contributed by atoms with Crippen LogP contribution in [0, 0.1) is 0 Å². The molecule has 6 nitrogen and oxygen atoms in total. The zero-order valence-corrected chi connectivity index (χ0v) is 18.4. The molecule has 2 aromatic carbocycles. The second-order valence-electron chi connectivity index (χ2n) is 6.63. The number of benzene rings is 2. The van der Waals surface area contributed by atoms with Crippen molar-refractivity contribution in [1.82, 2.24) is 5.32 Å². The molecule has 2 N–H and O–H groups in total. The molecule has 0 bridgehead atoms. The van der Waals surface area contributed by atoms with Gasteiger partial charge in [0.15, 0.2) is 12.2 Å². The molecule has 0 saturated heterocycles. The molecule has 0 saturated carbocycles. The van der Waals surface area contributed by atoms with Crippen LogP contribution in [0.25, 0.3) is 0 Å². The van der Waals surface area contributed by atoms with Crippen molar-refractivity contribution in [3.05, 3.63) is 63.6 Å². The van der Waals surface area contributed by atoms with E-state index in [1.807, 2.05) is 0 Å². The highest BCUT2D eigenvalue weighted by atomic mass is 35.5. The topological polar surface area (TPSA) is 84.9 Å². The van der Waals surface area contributed by atoms with Gasteiger partial charge in [-0.05, 0) is 55.7 Å². The molecule has 2 rings (SSSR count). The summed E-state index contributed by atoms with van der Waals surface area (Å²) < 4.78 is 10.9. The molecule has 0 aliphatic carbocycles. The van der Waals surface area contributed by atoms with E-state index in [0.29, 0.717) is 35.4 Å². The Labute approximate surface area is 186 Å². The second kappa shape index (κ2) is 11.8. The van der Waals surface area contributed by atoms with E-state index >= 15 is 0 Å². The summed E-state index contributed by atoms with van der Waals surface area (Å²) in [5.74, 6) is -0.746. The van der Waals surface area contributed by atoms with Gasteiger partial charge in [-0.2, -0.15) is 0 Å². The van der Waals surface area contributed by atoms with E-state index in [1.165, 1.54) is 0 Å². The highest BCUT2D eigenvalue weighted by molar-refractivity contribution is 6.36. The highest BCUT2D eigenvalue weighted by Gasteiger charge is 2.18. The number of halogens is 2. The van der Waals surface area contributed by atoms with Crippen molar-refractivity contribution in [3.8, 4) is 5.75 Å². The van der Waals surface area contributed by atoms with Crippen molar-refractivity contribution in [1.29, 1.82) is 0 Å². The lowest BCUT2D eigenvalue weighted by Gasteiger charge is -2.16. The van der Waals surface area contributed by atoms with Crippen LogP contribution in [0.4, 0.5) is 0 Å². The third-order valence-corrected chi connectivity index (χ3v) is 5.11. The molecule has 0 unspecified atom stereocenters. The number of hydrogen-bond acceptors (Lipinski definition) is 4. The van der Waals surface area contributed by atoms with Gasteiger partial charge in [-0.1, -0.05) is 41.4 Å². The van der Waals surface area contributed by atoms with Gasteiger partial charge in [0.05, 0.1) is 0 Å². The zero-order valence-electron chi connectivity index (χ0n) is 16.9. The summed E-state index contributed by atoms with van der Waals surface area (Å²) >= 11 is 12.3. The normalized spacial score (nSPS) is 12.8. The van der Waals surface area contributed by atoms with Crippen molar-refractivity contribution < 1.29 is 24.2 Å². The van der Waals surface area contributed by atoms with E-state index in [9.17, 15) is 9.59 Å². The molecule has 8 heteroatoms. The number of ether oxygens (including phenoxy) is 2. The van der Waals surface area contributed by atoms with Gasteiger partial charge < -0.3 is 19.9 Å². The first-order valence-electron chi connectivity index (χ1n) is 9.62. The minimum Gasteiger partial charge on any atom is -0.481 e. The summed E-state index contributed by atoms with van der Waals surface area (Å²) in [6.07, 6.45) is -0.828. The SMILES string of the molecule is CCO[C@@H](Cc1ccc(O[C@@H](C)C(=O)NCCc2c(Cl)cccc2Cl)cc1)C(=O)O. The van der Waals surface area contributed by atoms with Gasteiger partial charge in [-0.25, -0.2) is 4.79 Å². The van der Waals surface area contributed by atoms with Crippen molar-refractivity contribution in [3.63, 3.8) is 0 Å². The Morgan fingerprint density at radius 1 is 1.10 bits per heavy atom. The molecule has 0 aliphatic rings. The summed E-state index contributed by atoms with van der Waals surface area (Å²) in [7, 11) is 0. The number of rotatable bonds is 11. The number of aliphatic carboxylic acids is 1. The summed E-state index contributed by atoms with van der Waals surface area (Å²) in [6, 6.07) is 12.2. The largest absolute Gasteiger partial charge is 0.481 e. The molecule has 2 aromatic rings. The Kier molecular flexibility index (Phi) is 9.43. The number of nitrogens with one attached hydrogen (secondary N) is 1. The first-order chi connectivity index (χ1) is 14.3. The quantitative estimate of drug-likeness (QED) is 0.533. The molecule has 0 aromatic heterocycles. The molecule has 1 amide bonds. The van der Waals surface area contributed by atoms with Crippen LogP contribution in [0.5, 0.6) is 5.75 Å². The zero-order chi connectivity index (χ0) is 22.1. The van der Waals surface area contributed by atoms with E-state index in [0.717, 1.165) is 11.1 Å². The maximum absolute atomic E-state index is 12.3. The van der Waals surface area contributed by atoms with Crippen LogP contribution in [0.15, 0.2) is 42.5 Å². The fraction of sp³-hybridized carbons (Fsp3) is 0.364. The average Bonchev–Trinajstić information content (AvgIpc) is 2.71. The average molecular weight is 454 g/mol. The van der Waals surface area contributed by atoms with E-state index in [1.54, 1.807) is 56.3 Å². The van der Waals surface area contributed by atoms with Crippen LogP contribution in [-0.2, 0) is 27.2 Å². The summed E-state index contributed by atoms with van der Waals surface area (Å²) in [5.41, 5.74) is 1.59. The lowest BCUT2D eigenvalue weighted by atomic mass is 10.1. The maximum atomic E-state index is 12.3. The third kappa shape index (κ3) is 7.20. The van der Waals surface area contributed by atoms with Crippen LogP contribution in [0.2, 0.25) is 10.0 Å². The Hall–Kier alpha value is -2.28. The predicted octanol–water partition coefficient (Wildman–Crippen LogP) is 4.15. The molecule has 2 atom stereocenters. The van der Waals surface area contributed by atoms with Crippen LogP contribution < -0.4 is 10.1 Å². The molecule has 0 aliphatic heterocycles. The fourth-order valence-corrected chi connectivity index (χ4v) is 3.41. The van der Waals surface area contributed by atoms with Crippen LogP contribution in [-0.4, -0.2) is 42.3 Å². The number of carbonyl (C=O) groups excluding carboxylic acids is 1. The highest BCUT2D eigenvalue weighted by Crippen LogP contribution is 2.24. The van der Waals surface area contributed by atoms with Gasteiger partial charge >= 0.3 is 5.97 Å². The summed E-state index contributed by atoms with van der Waals surface area (Å²) in [5, 5.41) is 13.1. The first-order valence-corrected chi connectivity index (χ1v) is 10.4. The van der Waals surface area contributed by atoms with Gasteiger partial charge in [0.25, 0.3) is 5.91 Å². The molecular weight excluding hydrogens is 429 g/mol. The molecule has 30 heavy (non-hydrogen) atoms.